The predicted octanol–water partition coefficient (Wildman–Crippen LogP) is 18.1. The number of benzene rings is 7. The van der Waals surface area contributed by atoms with Crippen LogP contribution < -0.4 is 30.4 Å². The number of fused-ring (bicyclic) bond motifs is 9. The van der Waals surface area contributed by atoms with Gasteiger partial charge in [0.1, 0.15) is 11.8 Å². The predicted molar refractivity (Wildman–Crippen MR) is 328 cm³/mol. The highest BCUT2D eigenvalue weighted by atomic mass is 16.5. The highest BCUT2D eigenvalue weighted by molar-refractivity contribution is 6.91. The zero-order valence-electron chi connectivity index (χ0n) is 58.2. The molecule has 0 amide bonds. The summed E-state index contributed by atoms with van der Waals surface area (Å²) in [5.41, 5.74) is 14.7. The average Bonchev–Trinajstić information content (AvgIpc) is 1.67. The highest BCUT2D eigenvalue weighted by Gasteiger charge is 2.57. The minimum absolute atomic E-state index is 0.0910. The summed E-state index contributed by atoms with van der Waals surface area (Å²) in [6, 6.07) is 22.5. The molecule has 6 aliphatic rings. The van der Waals surface area contributed by atoms with Gasteiger partial charge < -0.3 is 19.4 Å². The molecule has 2 atom stereocenters. The molecule has 0 aromatic heterocycles. The molecule has 2 unspecified atom stereocenters. The number of ether oxygens (including phenoxy) is 1. The second-order valence-corrected chi connectivity index (χ2v) is 28.6. The second-order valence-electron chi connectivity index (χ2n) is 28.6. The van der Waals surface area contributed by atoms with Gasteiger partial charge in [0, 0.05) is 45.4 Å². The van der Waals surface area contributed by atoms with Crippen molar-refractivity contribution in [2.45, 2.75) is 192 Å². The summed E-state index contributed by atoms with van der Waals surface area (Å²) in [6.45, 7) is 34.4. The molecule has 7 aromatic carbocycles. The molecular weight excluding hydrogens is 934 g/mol. The van der Waals surface area contributed by atoms with Crippen LogP contribution in [0.3, 0.4) is 0 Å². The maximum Gasteiger partial charge on any atom is 0.267 e. The van der Waals surface area contributed by atoms with E-state index in [2.05, 4.69) is 180 Å². The van der Waals surface area contributed by atoms with Gasteiger partial charge in [0.15, 0.2) is 0 Å². The van der Waals surface area contributed by atoms with Crippen LogP contribution in [0.2, 0.25) is 0 Å². The number of anilines is 8. The topological polar surface area (TPSA) is 19.0 Å². The monoisotopic (exact) mass is 1030 g/mol. The van der Waals surface area contributed by atoms with Crippen molar-refractivity contribution in [2.75, 3.05) is 14.7 Å². The van der Waals surface area contributed by atoms with Gasteiger partial charge in [-0.1, -0.05) is 164 Å². The summed E-state index contributed by atoms with van der Waals surface area (Å²) in [5, 5.41) is 0. The molecule has 3 aliphatic carbocycles. The SMILES string of the molecule is [2H]c1c([2H])c([2H])c(N(c2cc3c4c(c2)N(c2ccc5c(c2)C(C)(C)CCC5(C)C)C2c5cc(C(C)(C)C)ccc5OC2B4c2cc4c(cc2N3c2ccc3c(c2)C(C)(C)CCC3(C)C)C(C)(C)CCC4(C)C)c2c([2H])c([2H])c([2H])c([2H])c2[2H])c([2H])c1[2H]. The number of hydrogen-bond donors (Lipinski definition) is 0. The summed E-state index contributed by atoms with van der Waals surface area (Å²) in [7, 11) is 0. The van der Waals surface area contributed by atoms with Crippen LogP contribution in [0.25, 0.3) is 0 Å². The van der Waals surface area contributed by atoms with E-state index in [-0.39, 0.29) is 55.0 Å². The van der Waals surface area contributed by atoms with Crippen LogP contribution in [0.15, 0.2) is 139 Å². The normalized spacial score (nSPS) is 23.9. The van der Waals surface area contributed by atoms with Crippen molar-refractivity contribution in [2.24, 2.45) is 0 Å². The van der Waals surface area contributed by atoms with E-state index in [4.69, 9.17) is 7.48 Å². The van der Waals surface area contributed by atoms with Crippen molar-refractivity contribution in [1.29, 1.82) is 0 Å². The van der Waals surface area contributed by atoms with Gasteiger partial charge in [0.25, 0.3) is 6.71 Å². The van der Waals surface area contributed by atoms with Gasteiger partial charge >= 0.3 is 0 Å². The summed E-state index contributed by atoms with van der Waals surface area (Å²) in [5.74, 6) is 0.792. The summed E-state index contributed by atoms with van der Waals surface area (Å²) >= 11 is 0. The quantitative estimate of drug-likeness (QED) is 0.160. The average molecular weight is 1030 g/mol. The van der Waals surface area contributed by atoms with E-state index in [0.29, 0.717) is 0 Å². The molecule has 77 heavy (non-hydrogen) atoms. The first-order chi connectivity index (χ1) is 40.4. The van der Waals surface area contributed by atoms with Gasteiger partial charge in [-0.2, -0.15) is 0 Å². The van der Waals surface area contributed by atoms with Crippen molar-refractivity contribution in [1.82, 2.24) is 0 Å². The van der Waals surface area contributed by atoms with E-state index in [1.54, 1.807) is 0 Å². The lowest BCUT2D eigenvalue weighted by atomic mass is 9.32. The maximum atomic E-state index is 9.75. The number of para-hydroxylation sites is 2. The Morgan fingerprint density at radius 2 is 0.961 bits per heavy atom. The third-order valence-corrected chi connectivity index (χ3v) is 19.8. The molecule has 4 nitrogen and oxygen atoms in total. The summed E-state index contributed by atoms with van der Waals surface area (Å²) in [6.07, 6.45) is 6.03. The molecule has 5 heteroatoms. The Kier molecular flexibility index (Phi) is 8.67. The molecule has 0 saturated carbocycles. The Morgan fingerprint density at radius 1 is 0.494 bits per heavy atom. The first kappa shape index (κ1) is 40.1. The highest BCUT2D eigenvalue weighted by Crippen LogP contribution is 2.58. The molecule has 0 saturated heterocycles. The smallest absolute Gasteiger partial charge is 0.267 e. The van der Waals surface area contributed by atoms with Crippen molar-refractivity contribution in [3.05, 3.63) is 184 Å². The van der Waals surface area contributed by atoms with Crippen molar-refractivity contribution in [3.63, 3.8) is 0 Å². The minimum Gasteiger partial charge on any atom is -0.495 e. The molecule has 13 rings (SSSR count). The molecule has 0 radical (unpaired) electrons. The Balaban J connectivity index is 1.24. The Morgan fingerprint density at radius 3 is 1.49 bits per heavy atom. The van der Waals surface area contributed by atoms with Crippen LogP contribution in [-0.2, 0) is 37.9 Å². The van der Waals surface area contributed by atoms with Crippen LogP contribution in [0.5, 0.6) is 5.75 Å². The lowest BCUT2D eigenvalue weighted by Crippen LogP contribution is -2.65. The molecule has 3 aliphatic heterocycles. The van der Waals surface area contributed by atoms with Gasteiger partial charge in [-0.15, -0.1) is 0 Å². The Hall–Kier alpha value is -6.20. The molecule has 0 N–H and O–H groups in total. The van der Waals surface area contributed by atoms with E-state index >= 15 is 0 Å². The third kappa shape index (κ3) is 7.73. The van der Waals surface area contributed by atoms with Gasteiger partial charge in [-0.05, 0) is 205 Å². The zero-order valence-corrected chi connectivity index (χ0v) is 48.2. The fourth-order valence-electron chi connectivity index (χ4n) is 14.7. The standard InChI is InChI=1S/C72H82BN3O/c1-66(2,3)45-26-31-62-51(38-45)64-65(77-62)73-58-43-56-57(72(14,15)37-36-71(56,12)13)44-59(58)75(48-27-29-52-54(39-48)69(8,9)34-32-67(52,4)5)60-41-50(74(46-22-18-16-19-23-46)47-24-20-17-21-25-47)42-61(63(60)73)76(64)49-28-30-53-55(40-49)70(10,11)35-33-68(53,6)7/h16-31,38-44,64-65H,32-37H2,1-15H3/i16D,17D,18D,19D,20D,21D,22D,23D,24D,25D. The molecular formula is C72H82BN3O. The third-order valence-electron chi connectivity index (χ3n) is 19.8. The first-order valence-electron chi connectivity index (χ1n) is 33.4. The van der Waals surface area contributed by atoms with Gasteiger partial charge in [-0.25, -0.2) is 0 Å². The Labute approximate surface area is 476 Å². The first-order valence-corrected chi connectivity index (χ1v) is 28.4. The molecule has 0 fully saturated rings. The van der Waals surface area contributed by atoms with Gasteiger partial charge in [0.2, 0.25) is 0 Å². The molecule has 0 spiro atoms. The number of nitrogens with zero attached hydrogens (tertiary/aromatic N) is 3. The van der Waals surface area contributed by atoms with Crippen LogP contribution >= 0.6 is 0 Å². The summed E-state index contributed by atoms with van der Waals surface area (Å²) in [4.78, 5) is 6.16. The fourth-order valence-corrected chi connectivity index (χ4v) is 14.7. The van der Waals surface area contributed by atoms with E-state index in [0.717, 1.165) is 94.8 Å². The van der Waals surface area contributed by atoms with Gasteiger partial charge in [-0.3, -0.25) is 0 Å². The Bertz CT molecular complexity index is 4030. The van der Waals surface area contributed by atoms with E-state index in [1.807, 2.05) is 12.1 Å². The largest absolute Gasteiger partial charge is 0.495 e. The van der Waals surface area contributed by atoms with Gasteiger partial charge in [0.05, 0.1) is 25.4 Å². The zero-order chi connectivity index (χ0) is 62.8. The van der Waals surface area contributed by atoms with E-state index < -0.39 is 79.2 Å². The van der Waals surface area contributed by atoms with E-state index in [1.165, 1.54) is 38.3 Å². The van der Waals surface area contributed by atoms with Crippen LogP contribution in [0.1, 0.15) is 207 Å². The van der Waals surface area contributed by atoms with Crippen LogP contribution in [0.4, 0.5) is 45.5 Å². The van der Waals surface area contributed by atoms with Crippen molar-refractivity contribution in [3.8, 4) is 5.75 Å². The second kappa shape index (κ2) is 16.7. The molecule has 7 aromatic rings. The van der Waals surface area contributed by atoms with Crippen LogP contribution in [-0.4, -0.2) is 12.7 Å². The number of hydrogen-bond acceptors (Lipinski definition) is 4. The van der Waals surface area contributed by atoms with Crippen LogP contribution in [0, 0.1) is 0 Å². The number of rotatable bonds is 5. The summed E-state index contributed by atoms with van der Waals surface area (Å²) < 4.78 is 101. The van der Waals surface area contributed by atoms with Crippen molar-refractivity contribution < 1.29 is 18.4 Å². The molecule has 0 bridgehead atoms. The van der Waals surface area contributed by atoms with Crippen molar-refractivity contribution >= 4 is 63.1 Å². The minimum atomic E-state index is -0.619. The fraction of sp³-hybridized carbons (Fsp3) is 0.417. The molecule has 3 heterocycles. The lowest BCUT2D eigenvalue weighted by Gasteiger charge is -2.50. The van der Waals surface area contributed by atoms with E-state index in [9.17, 15) is 11.0 Å². The molecule has 394 valence electrons. The maximum absolute atomic E-state index is 9.75. The lowest BCUT2D eigenvalue weighted by molar-refractivity contribution is 0.282.